The largest absolute Gasteiger partial charge is 0.394 e. The fourth-order valence-corrected chi connectivity index (χ4v) is 1.77. The Kier molecular flexibility index (Phi) is 3.08. The van der Waals surface area contributed by atoms with Gasteiger partial charge in [0, 0.05) is 20.2 Å². The number of hydrogen-bond acceptors (Lipinski definition) is 5. The van der Waals surface area contributed by atoms with E-state index in [-0.39, 0.29) is 0 Å². The van der Waals surface area contributed by atoms with Crippen LogP contribution in [0.4, 0.5) is 11.5 Å². The van der Waals surface area contributed by atoms with E-state index in [0.717, 1.165) is 37.8 Å². The summed E-state index contributed by atoms with van der Waals surface area (Å²) in [6.07, 6.45) is 1.70. The van der Waals surface area contributed by atoms with Gasteiger partial charge in [-0.2, -0.15) is 5.10 Å². The fourth-order valence-electron chi connectivity index (χ4n) is 1.77. The number of nitrogen functional groups attached to an aromatic ring is 1. The van der Waals surface area contributed by atoms with Gasteiger partial charge < -0.3 is 15.4 Å². The normalized spacial score (nSPS) is 16.2. The summed E-state index contributed by atoms with van der Waals surface area (Å²) in [6, 6.07) is 0. The van der Waals surface area contributed by atoms with E-state index < -0.39 is 0 Å². The summed E-state index contributed by atoms with van der Waals surface area (Å²) in [7, 11) is 1.68. The molecule has 0 aliphatic carbocycles. The highest BCUT2D eigenvalue weighted by molar-refractivity contribution is 5.62. The molecule has 6 heteroatoms. The van der Waals surface area contributed by atoms with Gasteiger partial charge in [0.05, 0.1) is 31.7 Å². The molecule has 15 heavy (non-hydrogen) atoms. The van der Waals surface area contributed by atoms with Crippen LogP contribution in [-0.2, 0) is 11.3 Å². The van der Waals surface area contributed by atoms with Crippen LogP contribution in [0.25, 0.3) is 0 Å². The van der Waals surface area contributed by atoms with Crippen LogP contribution < -0.4 is 16.0 Å². The van der Waals surface area contributed by atoms with Crippen molar-refractivity contribution in [3.05, 3.63) is 6.20 Å². The second kappa shape index (κ2) is 4.50. The van der Waals surface area contributed by atoms with Crippen LogP contribution in [0, 0.1) is 0 Å². The number of nitrogens with one attached hydrogen (secondary N) is 1. The molecule has 2 heterocycles. The topological polar surface area (TPSA) is 68.3 Å². The SMILES string of the molecule is COCCn1ncc(N)c1N1CCNC1. The number of ether oxygens (including phenoxy) is 1. The Balaban J connectivity index is 2.15. The molecule has 6 nitrogen and oxygen atoms in total. The molecule has 84 valence electrons. The molecule has 2 rings (SSSR count). The van der Waals surface area contributed by atoms with E-state index in [1.807, 2.05) is 4.68 Å². The van der Waals surface area contributed by atoms with Crippen molar-refractivity contribution in [2.45, 2.75) is 6.54 Å². The lowest BCUT2D eigenvalue weighted by atomic mass is 10.4. The highest BCUT2D eigenvalue weighted by atomic mass is 16.5. The first kappa shape index (κ1) is 10.3. The number of hydrogen-bond donors (Lipinski definition) is 2. The number of aromatic nitrogens is 2. The lowest BCUT2D eigenvalue weighted by Crippen LogP contribution is -2.25. The molecule has 0 spiro atoms. The Morgan fingerprint density at radius 3 is 3.20 bits per heavy atom. The zero-order valence-corrected chi connectivity index (χ0v) is 8.94. The van der Waals surface area contributed by atoms with Crippen LogP contribution in [0.3, 0.4) is 0 Å². The Labute approximate surface area is 89.0 Å². The van der Waals surface area contributed by atoms with Gasteiger partial charge in [0.2, 0.25) is 0 Å². The third kappa shape index (κ3) is 2.05. The smallest absolute Gasteiger partial charge is 0.151 e. The van der Waals surface area contributed by atoms with Gasteiger partial charge in [-0.3, -0.25) is 5.32 Å². The monoisotopic (exact) mass is 211 g/mol. The van der Waals surface area contributed by atoms with Gasteiger partial charge in [0.15, 0.2) is 5.82 Å². The van der Waals surface area contributed by atoms with Gasteiger partial charge in [0.1, 0.15) is 0 Å². The average molecular weight is 211 g/mol. The van der Waals surface area contributed by atoms with E-state index in [2.05, 4.69) is 15.3 Å². The molecule has 0 aromatic carbocycles. The van der Waals surface area contributed by atoms with Gasteiger partial charge in [0.25, 0.3) is 0 Å². The van der Waals surface area contributed by atoms with Crippen molar-refractivity contribution in [1.29, 1.82) is 0 Å². The van der Waals surface area contributed by atoms with Crippen LogP contribution in [0.1, 0.15) is 0 Å². The molecule has 1 aromatic heterocycles. The van der Waals surface area contributed by atoms with Crippen molar-refractivity contribution in [2.24, 2.45) is 0 Å². The predicted octanol–water partition coefficient (Wildman–Crippen LogP) is -0.521. The first-order valence-corrected chi connectivity index (χ1v) is 5.09. The summed E-state index contributed by atoms with van der Waals surface area (Å²) in [6.45, 7) is 4.19. The van der Waals surface area contributed by atoms with Gasteiger partial charge in [-0.25, -0.2) is 4.68 Å². The maximum Gasteiger partial charge on any atom is 0.151 e. The lowest BCUT2D eigenvalue weighted by molar-refractivity contribution is 0.184. The molecule has 1 aromatic rings. The van der Waals surface area contributed by atoms with E-state index in [1.165, 1.54) is 0 Å². The highest BCUT2D eigenvalue weighted by Crippen LogP contribution is 2.22. The van der Waals surface area contributed by atoms with Gasteiger partial charge >= 0.3 is 0 Å². The first-order chi connectivity index (χ1) is 7.33. The predicted molar refractivity (Wildman–Crippen MR) is 58.7 cm³/mol. The number of nitrogens with two attached hydrogens (primary N) is 1. The second-order valence-corrected chi connectivity index (χ2v) is 3.56. The second-order valence-electron chi connectivity index (χ2n) is 3.56. The molecule has 3 N–H and O–H groups in total. The Bertz CT molecular complexity index is 318. The standard InChI is InChI=1S/C9H17N5O/c1-15-5-4-14-9(8(10)6-12-14)13-3-2-11-7-13/h6,11H,2-5,7,10H2,1H3. The van der Waals surface area contributed by atoms with Gasteiger partial charge in [-0.1, -0.05) is 0 Å². The van der Waals surface area contributed by atoms with Crippen molar-refractivity contribution >= 4 is 11.5 Å². The van der Waals surface area contributed by atoms with Crippen molar-refractivity contribution in [2.75, 3.05) is 44.1 Å². The minimum absolute atomic E-state index is 0.648. The van der Waals surface area contributed by atoms with Crippen molar-refractivity contribution in [1.82, 2.24) is 15.1 Å². The highest BCUT2D eigenvalue weighted by Gasteiger charge is 2.18. The molecule has 0 radical (unpaired) electrons. The Morgan fingerprint density at radius 1 is 1.67 bits per heavy atom. The molecule has 0 unspecified atom stereocenters. The number of methoxy groups -OCH3 is 1. The van der Waals surface area contributed by atoms with Crippen LogP contribution in [0.2, 0.25) is 0 Å². The van der Waals surface area contributed by atoms with E-state index in [1.54, 1.807) is 13.3 Å². The fraction of sp³-hybridized carbons (Fsp3) is 0.667. The molecule has 0 bridgehead atoms. The molecular formula is C9H17N5O. The summed E-state index contributed by atoms with van der Waals surface area (Å²) in [5.41, 5.74) is 6.63. The molecule has 0 saturated carbocycles. The van der Waals surface area contributed by atoms with Crippen LogP contribution in [0.5, 0.6) is 0 Å². The zero-order valence-electron chi connectivity index (χ0n) is 8.94. The Hall–Kier alpha value is -1.27. The third-order valence-corrected chi connectivity index (χ3v) is 2.51. The maximum atomic E-state index is 5.90. The van der Waals surface area contributed by atoms with E-state index in [0.29, 0.717) is 6.61 Å². The molecule has 1 aliphatic heterocycles. The van der Waals surface area contributed by atoms with Crippen molar-refractivity contribution in [3.63, 3.8) is 0 Å². The van der Waals surface area contributed by atoms with E-state index >= 15 is 0 Å². The minimum atomic E-state index is 0.648. The molecule has 1 fully saturated rings. The number of anilines is 2. The summed E-state index contributed by atoms with van der Waals surface area (Å²) < 4.78 is 6.93. The molecule has 1 aliphatic rings. The lowest BCUT2D eigenvalue weighted by Gasteiger charge is -2.18. The quantitative estimate of drug-likeness (QED) is 0.701. The van der Waals surface area contributed by atoms with Gasteiger partial charge in [-0.05, 0) is 0 Å². The number of nitrogens with zero attached hydrogens (tertiary/aromatic N) is 3. The minimum Gasteiger partial charge on any atom is -0.394 e. The molecule has 0 atom stereocenters. The molecule has 0 amide bonds. The Morgan fingerprint density at radius 2 is 2.53 bits per heavy atom. The van der Waals surface area contributed by atoms with Crippen LogP contribution in [-0.4, -0.2) is 43.3 Å². The number of rotatable bonds is 4. The van der Waals surface area contributed by atoms with Gasteiger partial charge in [-0.15, -0.1) is 0 Å². The van der Waals surface area contributed by atoms with Crippen molar-refractivity contribution < 1.29 is 4.74 Å². The zero-order chi connectivity index (χ0) is 10.7. The first-order valence-electron chi connectivity index (χ1n) is 5.09. The molecular weight excluding hydrogens is 194 g/mol. The third-order valence-electron chi connectivity index (χ3n) is 2.51. The molecule has 1 saturated heterocycles. The summed E-state index contributed by atoms with van der Waals surface area (Å²) >= 11 is 0. The maximum absolute atomic E-state index is 5.90. The van der Waals surface area contributed by atoms with Crippen molar-refractivity contribution in [3.8, 4) is 0 Å². The van der Waals surface area contributed by atoms with E-state index in [9.17, 15) is 0 Å². The summed E-state index contributed by atoms with van der Waals surface area (Å²) in [5.74, 6) is 0.997. The summed E-state index contributed by atoms with van der Waals surface area (Å²) in [4.78, 5) is 2.19. The summed E-state index contributed by atoms with van der Waals surface area (Å²) in [5, 5.41) is 7.51. The van der Waals surface area contributed by atoms with Crippen LogP contribution >= 0.6 is 0 Å². The van der Waals surface area contributed by atoms with Crippen LogP contribution in [0.15, 0.2) is 6.20 Å². The van der Waals surface area contributed by atoms with E-state index in [4.69, 9.17) is 10.5 Å². The average Bonchev–Trinajstić information content (AvgIpc) is 2.84.